The molecule has 0 heteroatoms. The first kappa shape index (κ1) is 51.6. The Morgan fingerprint density at radius 2 is 1.24 bits per heavy atom. The molecule has 0 fully saturated rings. The molecule has 0 heterocycles. The van der Waals surface area contributed by atoms with E-state index in [1.54, 1.807) is 0 Å². The minimum Gasteiger partial charge on any atom is -0.103 e. The second-order valence-electron chi connectivity index (χ2n) is 15.7. The van der Waals surface area contributed by atoms with Crippen LogP contribution in [0.15, 0.2) is 261 Å². The van der Waals surface area contributed by atoms with Crippen molar-refractivity contribution in [3.05, 3.63) is 294 Å². The van der Waals surface area contributed by atoms with Gasteiger partial charge < -0.3 is 0 Å². The van der Waals surface area contributed by atoms with Gasteiger partial charge in [0.05, 0.1) is 0 Å². The van der Waals surface area contributed by atoms with Crippen molar-refractivity contribution >= 4 is 28.0 Å². The maximum absolute atomic E-state index is 4.20. The Labute approximate surface area is 399 Å². The zero-order valence-corrected chi connectivity index (χ0v) is 40.7. The fourth-order valence-corrected chi connectivity index (χ4v) is 7.96. The van der Waals surface area contributed by atoms with Crippen molar-refractivity contribution in [1.82, 2.24) is 0 Å². The van der Waals surface area contributed by atoms with Crippen LogP contribution in [0.1, 0.15) is 113 Å². The third-order valence-electron chi connectivity index (χ3n) is 11.0. The molecule has 0 aromatic heterocycles. The lowest BCUT2D eigenvalue weighted by Crippen LogP contribution is -2.08. The molecule has 0 saturated heterocycles. The third kappa shape index (κ3) is 15.9. The van der Waals surface area contributed by atoms with E-state index in [0.29, 0.717) is 0 Å². The predicted octanol–water partition coefficient (Wildman–Crippen LogP) is 19.5. The highest BCUT2D eigenvalue weighted by Gasteiger charge is 2.23. The molecule has 1 atom stereocenters. The summed E-state index contributed by atoms with van der Waals surface area (Å²) in [6.45, 7) is 18.6. The summed E-state index contributed by atoms with van der Waals surface area (Å²) in [5.41, 5.74) is 12.6. The van der Waals surface area contributed by atoms with Gasteiger partial charge in [-0.1, -0.05) is 269 Å². The summed E-state index contributed by atoms with van der Waals surface area (Å²) in [7, 11) is 0. The molecule has 0 bridgehead atoms. The summed E-state index contributed by atoms with van der Waals surface area (Å²) in [6.07, 6.45) is 48.3. The van der Waals surface area contributed by atoms with Crippen LogP contribution in [0.2, 0.25) is 0 Å². The predicted molar refractivity (Wildman–Crippen MR) is 297 cm³/mol. The molecule has 1 aliphatic carbocycles. The smallest absolute Gasteiger partial charge is 0.0336 e. The largest absolute Gasteiger partial charge is 0.103 e. The molecule has 0 nitrogen and oxygen atoms in total. The van der Waals surface area contributed by atoms with Gasteiger partial charge in [0.15, 0.2) is 0 Å². The number of rotatable bonds is 17. The van der Waals surface area contributed by atoms with E-state index in [1.807, 2.05) is 58.1 Å². The van der Waals surface area contributed by atoms with Crippen molar-refractivity contribution in [3.63, 3.8) is 0 Å². The van der Waals surface area contributed by atoms with Gasteiger partial charge in [-0.3, -0.25) is 0 Å². The molecule has 5 aromatic carbocycles. The molecule has 0 aliphatic heterocycles. The molecule has 0 radical (unpaired) electrons. The number of hydrogen-bond donors (Lipinski definition) is 0. The topological polar surface area (TPSA) is 0 Å². The molecule has 0 N–H and O–H groups in total. The van der Waals surface area contributed by atoms with Crippen LogP contribution < -0.4 is 0 Å². The second kappa shape index (κ2) is 30.2. The highest BCUT2D eigenvalue weighted by atomic mass is 14.3. The van der Waals surface area contributed by atoms with E-state index in [-0.39, 0.29) is 11.8 Å². The first-order valence-electron chi connectivity index (χ1n) is 23.9. The van der Waals surface area contributed by atoms with Crippen LogP contribution in [0.25, 0.3) is 28.0 Å². The number of hydrogen-bond acceptors (Lipinski definition) is 0. The Hall–Kier alpha value is -7.02. The second-order valence-corrected chi connectivity index (χ2v) is 15.7. The quantitative estimate of drug-likeness (QED) is 0.0645. The molecule has 0 spiro atoms. The van der Waals surface area contributed by atoms with Crippen LogP contribution in [0.3, 0.4) is 0 Å². The Bertz CT molecular complexity index is 2560. The standard InChI is InChI=1S/C57H54.C7H12.C2H6/c1-5-8-10-11-16-32-51(45-26-17-12-18-27-45)42-44(4)36-37-47(25-7-3)57-52(33-15-9-6-2)43-55(53-34-23-24-35-54(53)57)46-38-40-50(41-39-46)56(48-28-19-13-20-29-48)49-30-21-14-22-31-49;1-3-5-7-6-4-2;1-2/h5-24,26-38,40-43,46,56H,3,25,39H2,1-2,4H3;3,5-7H,4H2,1-2H3;1-2H3/b8-5-,9-6-,11-10-,32-16+,33-15-,44-36+,47-37+,51-42+;5-3-,7-6?;. The van der Waals surface area contributed by atoms with E-state index in [2.05, 4.69) is 246 Å². The van der Waals surface area contributed by atoms with Crippen molar-refractivity contribution in [3.8, 4) is 0 Å². The minimum atomic E-state index is 0.195. The van der Waals surface area contributed by atoms with E-state index in [0.717, 1.165) is 24.8 Å². The fraction of sp³-hybridized carbons (Fsp3) is 0.182. The van der Waals surface area contributed by atoms with E-state index < -0.39 is 0 Å². The van der Waals surface area contributed by atoms with Gasteiger partial charge in [-0.15, -0.1) is 6.58 Å². The summed E-state index contributed by atoms with van der Waals surface area (Å²) in [4.78, 5) is 0. The van der Waals surface area contributed by atoms with Crippen LogP contribution >= 0.6 is 0 Å². The van der Waals surface area contributed by atoms with Gasteiger partial charge in [0, 0.05) is 11.8 Å². The molecule has 0 saturated carbocycles. The van der Waals surface area contributed by atoms with Gasteiger partial charge >= 0.3 is 0 Å². The molecule has 6 rings (SSSR count). The molecule has 336 valence electrons. The number of fused-ring (bicyclic) bond motifs is 1. The Morgan fingerprint density at radius 1 is 0.667 bits per heavy atom. The zero-order chi connectivity index (χ0) is 47.2. The van der Waals surface area contributed by atoms with Gasteiger partial charge in [0.25, 0.3) is 0 Å². The monoisotopic (exact) mass is 865 g/mol. The lowest BCUT2D eigenvalue weighted by atomic mass is 9.78. The molecular formula is C66H72. The average Bonchev–Trinajstić information content (AvgIpc) is 3.37. The van der Waals surface area contributed by atoms with Gasteiger partial charge in [0.1, 0.15) is 0 Å². The molecule has 1 aliphatic rings. The number of benzene rings is 5. The normalized spacial score (nSPS) is 14.9. The fourth-order valence-electron chi connectivity index (χ4n) is 7.96. The summed E-state index contributed by atoms with van der Waals surface area (Å²) in [5, 5.41) is 2.56. The molecule has 1 unspecified atom stereocenters. The lowest BCUT2D eigenvalue weighted by molar-refractivity contribution is 0.829. The minimum absolute atomic E-state index is 0.195. The maximum Gasteiger partial charge on any atom is 0.0336 e. The van der Waals surface area contributed by atoms with Crippen LogP contribution in [0.4, 0.5) is 0 Å². The summed E-state index contributed by atoms with van der Waals surface area (Å²) < 4.78 is 0. The zero-order valence-electron chi connectivity index (χ0n) is 40.7. The van der Waals surface area contributed by atoms with Crippen molar-refractivity contribution < 1.29 is 0 Å². The Morgan fingerprint density at radius 3 is 1.83 bits per heavy atom. The van der Waals surface area contributed by atoms with Gasteiger partial charge in [0.2, 0.25) is 0 Å². The van der Waals surface area contributed by atoms with Crippen molar-refractivity contribution in [2.24, 2.45) is 0 Å². The summed E-state index contributed by atoms with van der Waals surface area (Å²) in [5.74, 6) is 0.450. The van der Waals surface area contributed by atoms with Crippen molar-refractivity contribution in [2.75, 3.05) is 0 Å². The van der Waals surface area contributed by atoms with E-state index in [1.165, 1.54) is 60.9 Å². The van der Waals surface area contributed by atoms with Gasteiger partial charge in [-0.25, -0.2) is 0 Å². The Balaban J connectivity index is 0.000000967. The van der Waals surface area contributed by atoms with E-state index in [4.69, 9.17) is 0 Å². The first-order valence-corrected chi connectivity index (χ1v) is 23.9. The van der Waals surface area contributed by atoms with Gasteiger partial charge in [-0.2, -0.15) is 0 Å². The van der Waals surface area contributed by atoms with Crippen LogP contribution in [0.5, 0.6) is 0 Å². The highest BCUT2D eigenvalue weighted by molar-refractivity contribution is 6.00. The molecule has 5 aromatic rings. The van der Waals surface area contributed by atoms with E-state index in [9.17, 15) is 0 Å². The van der Waals surface area contributed by atoms with Crippen molar-refractivity contribution in [1.29, 1.82) is 0 Å². The molecule has 0 amide bonds. The van der Waals surface area contributed by atoms with E-state index >= 15 is 0 Å². The lowest BCUT2D eigenvalue weighted by Gasteiger charge is -2.26. The number of allylic oxidation sites excluding steroid dienone is 24. The third-order valence-corrected chi connectivity index (χ3v) is 11.0. The average molecular weight is 865 g/mol. The van der Waals surface area contributed by atoms with Crippen LogP contribution in [-0.4, -0.2) is 0 Å². The molecule has 66 heavy (non-hydrogen) atoms. The summed E-state index contributed by atoms with van der Waals surface area (Å²) >= 11 is 0. The molecular weight excluding hydrogens is 793 g/mol. The highest BCUT2D eigenvalue weighted by Crippen LogP contribution is 2.42. The van der Waals surface area contributed by atoms with Gasteiger partial charge in [-0.05, 0) is 114 Å². The van der Waals surface area contributed by atoms with Crippen LogP contribution in [0, 0.1) is 0 Å². The Kier molecular flexibility index (Phi) is 23.6. The summed E-state index contributed by atoms with van der Waals surface area (Å²) in [6, 6.07) is 43.7. The first-order chi connectivity index (χ1) is 32.5. The maximum atomic E-state index is 4.20. The van der Waals surface area contributed by atoms with Crippen LogP contribution in [-0.2, 0) is 0 Å². The SMILES string of the molecule is C/C=C\C=CCC.C=CC\C(=C/C=C(C)/C=C(\C=C\C=C/C=C\C)c1ccccc1)c1c(/C=C\C=C/C)cc(C2C=CC(C(c3ccccc3)c3ccccc3)=CC2)c2ccccc12.CC. The van der Waals surface area contributed by atoms with Crippen molar-refractivity contribution in [2.45, 2.75) is 79.6 Å².